The van der Waals surface area contributed by atoms with Crippen LogP contribution < -0.4 is 13.8 Å². The number of rotatable bonds is 5. The standard InChI is InChI=1S/C17H15FN2O5S/c1-11(21)13-7-8-14(25-10-12-5-3-2-4-6-12)17(16(13)18)20-9-15(22)19-26(20,23)24/h2-8H,9-10H2,1H3,(H,19,22). The minimum atomic E-state index is -4.26. The maximum Gasteiger partial charge on any atom is 0.326 e. The third-order valence-electron chi connectivity index (χ3n) is 3.77. The molecule has 3 rings (SSSR count). The van der Waals surface area contributed by atoms with Crippen LogP contribution in [0.4, 0.5) is 10.1 Å². The Morgan fingerprint density at radius 3 is 2.50 bits per heavy atom. The molecule has 0 radical (unpaired) electrons. The summed E-state index contributed by atoms with van der Waals surface area (Å²) < 4.78 is 47.0. The number of ketones is 1. The Kier molecular flexibility index (Phi) is 4.64. The molecule has 0 atom stereocenters. The molecular weight excluding hydrogens is 363 g/mol. The topological polar surface area (TPSA) is 92.8 Å². The second-order valence-corrected chi connectivity index (χ2v) is 7.24. The summed E-state index contributed by atoms with van der Waals surface area (Å²) in [5.41, 5.74) is 0.0292. The van der Waals surface area contributed by atoms with Crippen molar-refractivity contribution in [2.45, 2.75) is 13.5 Å². The van der Waals surface area contributed by atoms with Crippen molar-refractivity contribution in [1.29, 1.82) is 0 Å². The summed E-state index contributed by atoms with van der Waals surface area (Å²) in [7, 11) is -4.26. The molecule has 0 saturated carbocycles. The number of anilines is 1. The molecule has 1 aliphatic heterocycles. The van der Waals surface area contributed by atoms with Crippen LogP contribution >= 0.6 is 0 Å². The molecule has 2 aromatic rings. The lowest BCUT2D eigenvalue weighted by Crippen LogP contribution is -2.31. The zero-order valence-electron chi connectivity index (χ0n) is 13.7. The summed E-state index contributed by atoms with van der Waals surface area (Å²) in [6.07, 6.45) is 0. The van der Waals surface area contributed by atoms with Crippen molar-refractivity contribution in [3.8, 4) is 5.75 Å². The summed E-state index contributed by atoms with van der Waals surface area (Å²) in [5.74, 6) is -2.51. The van der Waals surface area contributed by atoms with Crippen LogP contribution in [-0.4, -0.2) is 26.7 Å². The van der Waals surface area contributed by atoms with Gasteiger partial charge in [0.05, 0.1) is 5.56 Å². The SMILES string of the molecule is CC(=O)c1ccc(OCc2ccccc2)c(N2CC(=O)NS2(=O)=O)c1F. The van der Waals surface area contributed by atoms with Gasteiger partial charge in [-0.05, 0) is 24.6 Å². The van der Waals surface area contributed by atoms with Gasteiger partial charge in [-0.2, -0.15) is 8.42 Å². The molecule has 1 amide bonds. The highest BCUT2D eigenvalue weighted by atomic mass is 32.2. The number of hydrogen-bond donors (Lipinski definition) is 1. The van der Waals surface area contributed by atoms with E-state index in [1.807, 2.05) is 6.07 Å². The van der Waals surface area contributed by atoms with Crippen molar-refractivity contribution in [2.75, 3.05) is 10.8 Å². The van der Waals surface area contributed by atoms with Gasteiger partial charge in [0, 0.05) is 0 Å². The Morgan fingerprint density at radius 2 is 1.92 bits per heavy atom. The van der Waals surface area contributed by atoms with Gasteiger partial charge < -0.3 is 4.74 Å². The van der Waals surface area contributed by atoms with Gasteiger partial charge in [0.25, 0.3) is 5.91 Å². The molecule has 1 fully saturated rings. The molecule has 2 aromatic carbocycles. The number of ether oxygens (including phenoxy) is 1. The van der Waals surface area contributed by atoms with Gasteiger partial charge in [-0.1, -0.05) is 30.3 Å². The van der Waals surface area contributed by atoms with Crippen LogP contribution in [0.5, 0.6) is 5.75 Å². The van der Waals surface area contributed by atoms with Crippen molar-refractivity contribution < 1.29 is 27.1 Å². The molecule has 0 spiro atoms. The smallest absolute Gasteiger partial charge is 0.326 e. The van der Waals surface area contributed by atoms with E-state index in [0.717, 1.165) is 12.5 Å². The maximum atomic E-state index is 14.9. The number of carbonyl (C=O) groups is 2. The molecule has 0 unspecified atom stereocenters. The Hall–Kier alpha value is -2.94. The van der Waals surface area contributed by atoms with Crippen LogP contribution in [0.15, 0.2) is 42.5 Å². The van der Waals surface area contributed by atoms with Crippen molar-refractivity contribution in [3.05, 3.63) is 59.4 Å². The molecule has 136 valence electrons. The van der Waals surface area contributed by atoms with Crippen molar-refractivity contribution in [1.82, 2.24) is 4.72 Å². The molecule has 9 heteroatoms. The molecule has 1 heterocycles. The van der Waals surface area contributed by atoms with Crippen LogP contribution in [0.25, 0.3) is 0 Å². The maximum absolute atomic E-state index is 14.9. The summed E-state index contributed by atoms with van der Waals surface area (Å²) in [4.78, 5) is 23.1. The summed E-state index contributed by atoms with van der Waals surface area (Å²) in [6, 6.07) is 11.5. The van der Waals surface area contributed by atoms with Gasteiger partial charge in [0.1, 0.15) is 24.6 Å². The number of halogens is 1. The summed E-state index contributed by atoms with van der Waals surface area (Å²) in [6.45, 7) is 0.624. The number of amides is 1. The summed E-state index contributed by atoms with van der Waals surface area (Å²) in [5, 5.41) is 0. The molecule has 1 N–H and O–H groups in total. The second-order valence-electron chi connectivity index (χ2n) is 5.64. The minimum Gasteiger partial charge on any atom is -0.487 e. The molecule has 0 aromatic heterocycles. The highest BCUT2D eigenvalue weighted by Crippen LogP contribution is 2.36. The normalized spacial score (nSPS) is 15.6. The fourth-order valence-corrected chi connectivity index (χ4v) is 3.71. The van der Waals surface area contributed by atoms with E-state index >= 15 is 0 Å². The van der Waals surface area contributed by atoms with E-state index in [2.05, 4.69) is 0 Å². The van der Waals surface area contributed by atoms with Gasteiger partial charge >= 0.3 is 10.2 Å². The van der Waals surface area contributed by atoms with Gasteiger partial charge in [-0.15, -0.1) is 0 Å². The average Bonchev–Trinajstić information content (AvgIpc) is 2.85. The molecule has 1 aliphatic rings. The number of carbonyl (C=O) groups excluding carboxylic acids is 2. The van der Waals surface area contributed by atoms with Crippen LogP contribution in [0.3, 0.4) is 0 Å². The third-order valence-corrected chi connectivity index (χ3v) is 5.14. The van der Waals surface area contributed by atoms with E-state index in [0.29, 0.717) is 4.31 Å². The van der Waals surface area contributed by atoms with Gasteiger partial charge in [0.2, 0.25) is 0 Å². The lowest BCUT2D eigenvalue weighted by atomic mass is 10.1. The van der Waals surface area contributed by atoms with E-state index in [1.54, 1.807) is 29.0 Å². The largest absolute Gasteiger partial charge is 0.487 e. The van der Waals surface area contributed by atoms with Gasteiger partial charge in [-0.25, -0.2) is 13.4 Å². The van der Waals surface area contributed by atoms with Gasteiger partial charge in [-0.3, -0.25) is 9.59 Å². The number of Topliss-reactive ketones (excluding diaryl/α,β-unsaturated/α-hetero) is 1. The number of nitrogens with zero attached hydrogens (tertiary/aromatic N) is 1. The van der Waals surface area contributed by atoms with Crippen molar-refractivity contribution >= 4 is 27.6 Å². The Morgan fingerprint density at radius 1 is 1.23 bits per heavy atom. The zero-order valence-corrected chi connectivity index (χ0v) is 14.5. The van der Waals surface area contributed by atoms with Crippen LogP contribution in [0, 0.1) is 5.82 Å². The first-order valence-corrected chi connectivity index (χ1v) is 9.07. The predicted octanol–water partition coefficient (Wildman–Crippen LogP) is 1.79. The molecule has 0 aliphatic carbocycles. The van der Waals surface area contributed by atoms with Gasteiger partial charge in [0.15, 0.2) is 11.6 Å². The molecule has 0 bridgehead atoms. The summed E-state index contributed by atoms with van der Waals surface area (Å²) >= 11 is 0. The molecule has 1 saturated heterocycles. The van der Waals surface area contributed by atoms with E-state index in [1.165, 1.54) is 12.1 Å². The first kappa shape index (κ1) is 17.9. The Balaban J connectivity index is 2.05. The van der Waals surface area contributed by atoms with E-state index in [9.17, 15) is 22.4 Å². The highest BCUT2D eigenvalue weighted by molar-refractivity contribution is 7.92. The van der Waals surface area contributed by atoms with Crippen LogP contribution in [0.2, 0.25) is 0 Å². The van der Waals surface area contributed by atoms with Crippen LogP contribution in [-0.2, 0) is 21.6 Å². The average molecular weight is 378 g/mol. The van der Waals surface area contributed by atoms with Crippen molar-refractivity contribution in [2.24, 2.45) is 0 Å². The first-order valence-electron chi connectivity index (χ1n) is 7.63. The predicted molar refractivity (Wildman–Crippen MR) is 91.6 cm³/mol. The second kappa shape index (κ2) is 6.75. The van der Waals surface area contributed by atoms with Crippen LogP contribution in [0.1, 0.15) is 22.8 Å². The fraction of sp³-hybridized carbons (Fsp3) is 0.176. The third kappa shape index (κ3) is 3.38. The number of hydrogen-bond acceptors (Lipinski definition) is 5. The molecule has 26 heavy (non-hydrogen) atoms. The van der Waals surface area contributed by atoms with E-state index in [-0.39, 0.29) is 17.9 Å². The lowest BCUT2D eigenvalue weighted by Gasteiger charge is -2.20. The minimum absolute atomic E-state index is 0.0575. The number of benzene rings is 2. The Bertz CT molecular complexity index is 976. The molecular formula is C17H15FN2O5S. The lowest BCUT2D eigenvalue weighted by molar-refractivity contribution is -0.117. The fourth-order valence-electron chi connectivity index (χ4n) is 2.55. The van der Waals surface area contributed by atoms with E-state index < -0.39 is 39.9 Å². The number of nitrogens with one attached hydrogen (secondary N) is 1. The van der Waals surface area contributed by atoms with Crippen molar-refractivity contribution in [3.63, 3.8) is 0 Å². The Labute approximate surface area is 149 Å². The first-order chi connectivity index (χ1) is 12.3. The zero-order chi connectivity index (χ0) is 18.9. The molecule has 7 nitrogen and oxygen atoms in total. The van der Waals surface area contributed by atoms with E-state index in [4.69, 9.17) is 4.74 Å². The highest BCUT2D eigenvalue weighted by Gasteiger charge is 2.38. The quantitative estimate of drug-likeness (QED) is 0.801. The monoisotopic (exact) mass is 378 g/mol.